The Bertz CT molecular complexity index is 816. The first kappa shape index (κ1) is 19.0. The molecule has 0 unspecified atom stereocenters. The minimum atomic E-state index is -4.66. The van der Waals surface area contributed by atoms with Crippen molar-refractivity contribution in [3.05, 3.63) is 46.5 Å². The van der Waals surface area contributed by atoms with Crippen LogP contribution in [0.4, 0.5) is 5.82 Å². The zero-order valence-corrected chi connectivity index (χ0v) is 14.7. The van der Waals surface area contributed by atoms with Crippen molar-refractivity contribution < 1.29 is 28.7 Å². The lowest BCUT2D eigenvalue weighted by molar-refractivity contribution is -0.0450. The van der Waals surface area contributed by atoms with Gasteiger partial charge in [0.15, 0.2) is 0 Å². The first-order valence-corrected chi connectivity index (χ1v) is 9.56. The van der Waals surface area contributed by atoms with Gasteiger partial charge in [-0.3, -0.25) is 9.09 Å². The Hall–Kier alpha value is -1.81. The summed E-state index contributed by atoms with van der Waals surface area (Å²) in [6.07, 6.45) is 5.72. The van der Waals surface area contributed by atoms with Crippen LogP contribution in [0.1, 0.15) is 19.1 Å². The summed E-state index contributed by atoms with van der Waals surface area (Å²) in [5.74, 6) is 0.430. The summed E-state index contributed by atoms with van der Waals surface area (Å²) in [6, 6.07) is 1.62. The number of hydrogen-bond donors (Lipinski definition) is 4. The third-order valence-corrected chi connectivity index (χ3v) is 4.58. The van der Waals surface area contributed by atoms with Crippen LogP contribution >= 0.6 is 7.82 Å². The van der Waals surface area contributed by atoms with Crippen LogP contribution in [-0.4, -0.2) is 49.8 Å². The molecule has 0 spiro atoms. The van der Waals surface area contributed by atoms with Crippen molar-refractivity contribution in [2.45, 2.75) is 31.3 Å². The fraction of sp³-hybridized carbons (Fsp3) is 0.467. The Balaban J connectivity index is 1.60. The maximum atomic E-state index is 12.2. The van der Waals surface area contributed by atoms with Crippen LogP contribution in [0.3, 0.4) is 0 Å². The maximum Gasteiger partial charge on any atom is 0.469 e. The first-order chi connectivity index (χ1) is 12.3. The smallest absolute Gasteiger partial charge is 0.390 e. The van der Waals surface area contributed by atoms with E-state index >= 15 is 0 Å². The van der Waals surface area contributed by atoms with Gasteiger partial charge in [-0.1, -0.05) is 18.2 Å². The number of allylic oxidation sites excluding steroid dienone is 3. The molecule has 4 N–H and O–H groups in total. The Kier molecular flexibility index (Phi) is 5.71. The van der Waals surface area contributed by atoms with Gasteiger partial charge in [0, 0.05) is 19.2 Å². The predicted molar refractivity (Wildman–Crippen MR) is 91.4 cm³/mol. The van der Waals surface area contributed by atoms with E-state index in [1.54, 1.807) is 6.07 Å². The predicted octanol–water partition coefficient (Wildman–Crippen LogP) is 0.299. The molecule has 1 saturated heterocycles. The Morgan fingerprint density at radius 2 is 2.27 bits per heavy atom. The third kappa shape index (κ3) is 4.88. The van der Waals surface area contributed by atoms with Gasteiger partial charge in [0.25, 0.3) is 0 Å². The molecule has 0 bridgehead atoms. The van der Waals surface area contributed by atoms with Gasteiger partial charge in [-0.2, -0.15) is 4.98 Å². The standard InChI is InChI=1S/C15H20N3O7P/c19-11-7-14(25-12(11)9-24-26(21,22)23)18-6-5-13(17-15(18)20)16-8-10-3-1-2-4-10/h1-3,5-6,11-12,14,19H,4,7-9H2,(H,16,17,20)(H2,21,22,23)/t11-,12+,14+/m0/s1. The van der Waals surface area contributed by atoms with E-state index in [2.05, 4.69) is 14.8 Å². The van der Waals surface area contributed by atoms with E-state index < -0.39 is 38.6 Å². The highest BCUT2D eigenvalue weighted by molar-refractivity contribution is 7.46. The summed E-state index contributed by atoms with van der Waals surface area (Å²) in [5.41, 5.74) is 0.633. The molecule has 1 aromatic rings. The SMILES string of the molecule is O=c1nc(NCC2=CC=CC2)ccn1[C@H]1C[C@H](O)[C@@H](COP(=O)(O)O)O1. The number of rotatable bonds is 7. The lowest BCUT2D eigenvalue weighted by atomic mass is 10.2. The fourth-order valence-electron chi connectivity index (χ4n) is 2.76. The van der Waals surface area contributed by atoms with Crippen molar-refractivity contribution in [2.24, 2.45) is 0 Å². The molecular formula is C15H20N3O7P. The van der Waals surface area contributed by atoms with Crippen molar-refractivity contribution >= 4 is 13.6 Å². The first-order valence-electron chi connectivity index (χ1n) is 8.03. The van der Waals surface area contributed by atoms with Gasteiger partial charge in [-0.25, -0.2) is 9.36 Å². The molecule has 0 saturated carbocycles. The van der Waals surface area contributed by atoms with Crippen molar-refractivity contribution in [2.75, 3.05) is 18.5 Å². The molecule has 11 heteroatoms. The van der Waals surface area contributed by atoms with E-state index in [0.29, 0.717) is 12.4 Å². The number of aliphatic hydroxyl groups is 1. The van der Waals surface area contributed by atoms with E-state index in [4.69, 9.17) is 14.5 Å². The van der Waals surface area contributed by atoms with Crippen molar-refractivity contribution in [3.63, 3.8) is 0 Å². The monoisotopic (exact) mass is 385 g/mol. The quantitative estimate of drug-likeness (QED) is 0.487. The normalized spacial score (nSPS) is 25.5. The van der Waals surface area contributed by atoms with Crippen LogP contribution in [0.25, 0.3) is 0 Å². The zero-order chi connectivity index (χ0) is 18.7. The fourth-order valence-corrected chi connectivity index (χ4v) is 3.10. The molecule has 1 aromatic heterocycles. The van der Waals surface area contributed by atoms with E-state index in [9.17, 15) is 14.5 Å². The molecule has 3 rings (SSSR count). The van der Waals surface area contributed by atoms with E-state index in [0.717, 1.165) is 6.42 Å². The maximum absolute atomic E-state index is 12.2. The van der Waals surface area contributed by atoms with Crippen LogP contribution in [0.2, 0.25) is 0 Å². The van der Waals surface area contributed by atoms with E-state index in [-0.39, 0.29) is 6.42 Å². The van der Waals surface area contributed by atoms with Gasteiger partial charge in [-0.05, 0) is 18.1 Å². The molecule has 0 aromatic carbocycles. The van der Waals surface area contributed by atoms with Gasteiger partial charge >= 0.3 is 13.5 Å². The number of phosphoric ester groups is 1. The highest BCUT2D eigenvalue weighted by atomic mass is 31.2. The van der Waals surface area contributed by atoms with Crippen LogP contribution in [0.5, 0.6) is 0 Å². The molecule has 142 valence electrons. The molecular weight excluding hydrogens is 365 g/mol. The van der Waals surface area contributed by atoms with Crippen LogP contribution in [0.15, 0.2) is 40.9 Å². The second-order valence-corrected chi connectivity index (χ2v) is 7.27. The third-order valence-electron chi connectivity index (χ3n) is 4.10. The molecule has 0 radical (unpaired) electrons. The lowest BCUT2D eigenvalue weighted by Gasteiger charge is -2.16. The molecule has 2 aliphatic rings. The average Bonchev–Trinajstić information content (AvgIpc) is 3.20. The summed E-state index contributed by atoms with van der Waals surface area (Å²) in [4.78, 5) is 33.6. The van der Waals surface area contributed by atoms with Crippen molar-refractivity contribution in [3.8, 4) is 0 Å². The highest BCUT2D eigenvalue weighted by Crippen LogP contribution is 2.38. The van der Waals surface area contributed by atoms with Gasteiger partial charge in [0.05, 0.1) is 12.7 Å². The second kappa shape index (κ2) is 7.83. The zero-order valence-electron chi connectivity index (χ0n) is 13.8. The van der Waals surface area contributed by atoms with Crippen molar-refractivity contribution in [1.29, 1.82) is 0 Å². The number of ether oxygens (including phenoxy) is 1. The number of nitrogens with zero attached hydrogens (tertiary/aromatic N) is 2. The lowest BCUT2D eigenvalue weighted by Crippen LogP contribution is -2.28. The molecule has 2 heterocycles. The number of hydrogen-bond acceptors (Lipinski definition) is 7. The Morgan fingerprint density at radius 3 is 2.92 bits per heavy atom. The summed E-state index contributed by atoms with van der Waals surface area (Å²) in [7, 11) is -4.66. The largest absolute Gasteiger partial charge is 0.469 e. The molecule has 10 nitrogen and oxygen atoms in total. The van der Waals surface area contributed by atoms with Crippen LogP contribution in [-0.2, 0) is 13.8 Å². The molecule has 3 atom stereocenters. The van der Waals surface area contributed by atoms with Gasteiger partial charge in [0.2, 0.25) is 0 Å². The van der Waals surface area contributed by atoms with E-state index in [1.807, 2.05) is 18.2 Å². The summed E-state index contributed by atoms with van der Waals surface area (Å²) < 4.78 is 21.8. The van der Waals surface area contributed by atoms with Crippen LogP contribution < -0.4 is 11.0 Å². The number of aromatic nitrogens is 2. The molecule has 1 fully saturated rings. The molecule has 0 amide bonds. The summed E-state index contributed by atoms with van der Waals surface area (Å²) in [6.45, 7) is 0.108. The Labute approximate surface area is 149 Å². The molecule has 1 aliphatic carbocycles. The summed E-state index contributed by atoms with van der Waals surface area (Å²) in [5, 5.41) is 13.0. The highest BCUT2D eigenvalue weighted by Gasteiger charge is 2.37. The number of nitrogens with one attached hydrogen (secondary N) is 1. The number of phosphoric acid groups is 1. The minimum Gasteiger partial charge on any atom is -0.390 e. The second-order valence-electron chi connectivity index (χ2n) is 6.03. The van der Waals surface area contributed by atoms with Gasteiger partial charge in [-0.15, -0.1) is 0 Å². The van der Waals surface area contributed by atoms with Gasteiger partial charge < -0.3 is 24.9 Å². The van der Waals surface area contributed by atoms with Gasteiger partial charge in [0.1, 0.15) is 18.1 Å². The topological polar surface area (TPSA) is 143 Å². The molecule has 1 aliphatic heterocycles. The van der Waals surface area contributed by atoms with Crippen LogP contribution in [0, 0.1) is 0 Å². The number of aliphatic hydroxyl groups excluding tert-OH is 1. The summed E-state index contributed by atoms with van der Waals surface area (Å²) >= 11 is 0. The average molecular weight is 385 g/mol. The Morgan fingerprint density at radius 1 is 1.46 bits per heavy atom. The number of anilines is 1. The van der Waals surface area contributed by atoms with E-state index in [1.165, 1.54) is 16.3 Å². The minimum absolute atomic E-state index is 0.0854. The molecule has 26 heavy (non-hydrogen) atoms. The van der Waals surface area contributed by atoms with Crippen molar-refractivity contribution in [1.82, 2.24) is 9.55 Å².